The van der Waals surface area contributed by atoms with Crippen molar-refractivity contribution in [1.29, 1.82) is 0 Å². The second-order valence-electron chi connectivity index (χ2n) is 13.0. The van der Waals surface area contributed by atoms with Crippen LogP contribution >= 0.6 is 0 Å². The zero-order valence-corrected chi connectivity index (χ0v) is 32.1. The van der Waals surface area contributed by atoms with E-state index >= 15 is 0 Å². The third kappa shape index (κ3) is 6.29. The Bertz CT molecular complexity index is 2710. The summed E-state index contributed by atoms with van der Waals surface area (Å²) in [6, 6.07) is 52.3. The predicted molar refractivity (Wildman–Crippen MR) is 212 cm³/mol. The Hall–Kier alpha value is -6.23. The number of aryl methyl sites for hydroxylation is 2. The molecule has 9 aromatic rings. The van der Waals surface area contributed by atoms with Gasteiger partial charge in [-0.25, -0.2) is 4.98 Å². The van der Waals surface area contributed by atoms with E-state index in [9.17, 15) is 0 Å². The molecule has 6 nitrogen and oxygen atoms in total. The maximum absolute atomic E-state index is 6.45. The van der Waals surface area contributed by atoms with Crippen molar-refractivity contribution in [2.45, 2.75) is 13.8 Å². The summed E-state index contributed by atoms with van der Waals surface area (Å²) >= 11 is 0. The van der Waals surface area contributed by atoms with E-state index < -0.39 is 0 Å². The van der Waals surface area contributed by atoms with Gasteiger partial charge in [-0.1, -0.05) is 90.4 Å². The van der Waals surface area contributed by atoms with Gasteiger partial charge in [0, 0.05) is 46.6 Å². The van der Waals surface area contributed by atoms with Crippen LogP contribution in [0.3, 0.4) is 0 Å². The second kappa shape index (κ2) is 14.7. The zero-order chi connectivity index (χ0) is 35.9. The SMILES string of the molecule is COc1ccnc(-n2c3[c-]c(Oc4[c-]c(-n5cc(-c6c(-c7ccccc7)c(C)cc(C)c6-c6ccccc6)cn5)ccc4)ccc3c3ccccc32)c1.[Pt+2]. The normalized spacial score (nSPS) is 11.1. The molecule has 0 N–H and O–H groups in total. The summed E-state index contributed by atoms with van der Waals surface area (Å²) in [6.07, 6.45) is 5.78. The van der Waals surface area contributed by atoms with Crippen LogP contribution in [-0.2, 0) is 21.1 Å². The molecule has 0 radical (unpaired) electrons. The van der Waals surface area contributed by atoms with E-state index in [1.54, 1.807) is 13.3 Å². The van der Waals surface area contributed by atoms with Gasteiger partial charge in [-0.15, -0.1) is 35.7 Å². The number of hydrogen-bond donors (Lipinski definition) is 0. The molecule has 0 aliphatic rings. The second-order valence-corrected chi connectivity index (χ2v) is 13.0. The van der Waals surface area contributed by atoms with E-state index in [1.807, 2.05) is 59.4 Å². The molecule has 54 heavy (non-hydrogen) atoms. The van der Waals surface area contributed by atoms with Crippen LogP contribution in [0.25, 0.3) is 66.7 Å². The number of nitrogens with zero attached hydrogens (tertiary/aromatic N) is 4. The van der Waals surface area contributed by atoms with Crippen molar-refractivity contribution in [2.75, 3.05) is 7.11 Å². The van der Waals surface area contributed by atoms with Gasteiger partial charge in [-0.2, -0.15) is 17.2 Å². The molecule has 6 aromatic carbocycles. The third-order valence-corrected chi connectivity index (χ3v) is 9.68. The monoisotopic (exact) mass is 881 g/mol. The molecule has 0 saturated heterocycles. The molecule has 9 rings (SSSR count). The predicted octanol–water partition coefficient (Wildman–Crippen LogP) is 11.4. The van der Waals surface area contributed by atoms with Crippen molar-refractivity contribution in [3.63, 3.8) is 0 Å². The minimum atomic E-state index is 0. The zero-order valence-electron chi connectivity index (χ0n) is 29.9. The van der Waals surface area contributed by atoms with Crippen molar-refractivity contribution >= 4 is 21.8 Å². The Labute approximate surface area is 328 Å². The van der Waals surface area contributed by atoms with Crippen molar-refractivity contribution < 1.29 is 30.5 Å². The van der Waals surface area contributed by atoms with Gasteiger partial charge in [0.05, 0.1) is 13.3 Å². The van der Waals surface area contributed by atoms with Crippen LogP contribution in [0.2, 0.25) is 0 Å². The summed E-state index contributed by atoms with van der Waals surface area (Å²) in [4.78, 5) is 4.67. The fraction of sp³-hybridized carbons (Fsp3) is 0.0638. The van der Waals surface area contributed by atoms with Crippen LogP contribution in [0.15, 0.2) is 152 Å². The van der Waals surface area contributed by atoms with Gasteiger partial charge in [-0.05, 0) is 70.4 Å². The van der Waals surface area contributed by atoms with Gasteiger partial charge in [-0.3, -0.25) is 4.68 Å². The number of hydrogen-bond acceptors (Lipinski definition) is 4. The van der Waals surface area contributed by atoms with E-state index in [-0.39, 0.29) is 21.1 Å². The van der Waals surface area contributed by atoms with Gasteiger partial charge in [0.15, 0.2) is 0 Å². The summed E-state index contributed by atoms with van der Waals surface area (Å²) in [7, 11) is 1.66. The molecule has 7 heteroatoms. The van der Waals surface area contributed by atoms with Gasteiger partial charge in [0.1, 0.15) is 11.6 Å². The summed E-state index contributed by atoms with van der Waals surface area (Å²) in [5.74, 6) is 2.58. The molecule has 0 spiro atoms. The number of rotatable bonds is 8. The van der Waals surface area contributed by atoms with Crippen LogP contribution in [0.5, 0.6) is 17.2 Å². The Morgan fingerprint density at radius 2 is 1.30 bits per heavy atom. The smallest absolute Gasteiger partial charge is 0.509 e. The van der Waals surface area contributed by atoms with Crippen molar-refractivity contribution in [2.24, 2.45) is 0 Å². The van der Waals surface area contributed by atoms with Gasteiger partial charge in [0.25, 0.3) is 0 Å². The summed E-state index contributed by atoms with van der Waals surface area (Å²) in [5, 5.41) is 7.02. The Morgan fingerprint density at radius 3 is 2.02 bits per heavy atom. The van der Waals surface area contributed by atoms with Crippen LogP contribution in [0, 0.1) is 26.0 Å². The minimum absolute atomic E-state index is 0. The van der Waals surface area contributed by atoms with Gasteiger partial charge in [0.2, 0.25) is 0 Å². The number of fused-ring (bicyclic) bond motifs is 3. The molecule has 0 unspecified atom stereocenters. The molecular weight excluding hydrogens is 848 g/mol. The number of aromatic nitrogens is 4. The summed E-state index contributed by atoms with van der Waals surface area (Å²) < 4.78 is 15.9. The van der Waals surface area contributed by atoms with Crippen LogP contribution < -0.4 is 9.47 Å². The molecule has 0 fully saturated rings. The summed E-state index contributed by atoms with van der Waals surface area (Å²) in [5.41, 5.74) is 12.0. The van der Waals surface area contributed by atoms with E-state index in [0.717, 1.165) is 50.2 Å². The van der Waals surface area contributed by atoms with Crippen LogP contribution in [0.4, 0.5) is 0 Å². The van der Waals surface area contributed by atoms with Gasteiger partial charge >= 0.3 is 21.1 Å². The Morgan fingerprint density at radius 1 is 0.611 bits per heavy atom. The Kier molecular flexibility index (Phi) is 9.45. The molecular formula is C47H34N4O2Pt. The van der Waals surface area contributed by atoms with E-state index in [4.69, 9.17) is 14.6 Å². The standard InChI is InChI=1S/C47H34N4O2.Pt/c1-31-25-32(2)46(34-15-8-5-9-16-34)47(45(31)33-13-6-4-7-14-33)35-29-49-50(30-35)36-17-12-18-38(26-36)53-39-21-22-41-40-19-10-11-20-42(40)51(43(41)27-39)44-28-37(52-3)23-24-48-44;/h4-25,28-30H,1-3H3;/q-2;+2. The van der Waals surface area contributed by atoms with Crippen molar-refractivity contribution in [3.05, 3.63) is 175 Å². The molecule has 0 aliphatic heterocycles. The first-order valence-corrected chi connectivity index (χ1v) is 17.5. The van der Waals surface area contributed by atoms with Gasteiger partial charge < -0.3 is 14.0 Å². The maximum Gasteiger partial charge on any atom is 2.00 e. The fourth-order valence-corrected chi connectivity index (χ4v) is 7.38. The van der Waals surface area contributed by atoms with E-state index in [1.165, 1.54) is 33.4 Å². The number of methoxy groups -OCH3 is 1. The number of pyridine rings is 1. The third-order valence-electron chi connectivity index (χ3n) is 9.68. The molecule has 3 aromatic heterocycles. The maximum atomic E-state index is 6.45. The average molecular weight is 882 g/mol. The first-order valence-electron chi connectivity index (χ1n) is 17.5. The average Bonchev–Trinajstić information content (AvgIpc) is 3.82. The summed E-state index contributed by atoms with van der Waals surface area (Å²) in [6.45, 7) is 4.38. The first kappa shape index (κ1) is 34.8. The Balaban J connectivity index is 0.00000413. The first-order chi connectivity index (χ1) is 26.1. The molecule has 3 heterocycles. The van der Waals surface area contributed by atoms with Crippen molar-refractivity contribution in [3.8, 4) is 62.1 Å². The molecule has 0 saturated carbocycles. The molecule has 0 atom stereocenters. The van der Waals surface area contributed by atoms with Crippen LogP contribution in [-0.4, -0.2) is 26.4 Å². The largest absolute Gasteiger partial charge is 2.00 e. The molecule has 0 aliphatic carbocycles. The molecule has 264 valence electrons. The topological polar surface area (TPSA) is 54.1 Å². The number of benzene rings is 6. The number of para-hydroxylation sites is 1. The quantitative estimate of drug-likeness (QED) is 0.143. The van der Waals surface area contributed by atoms with Crippen molar-refractivity contribution in [1.82, 2.24) is 19.3 Å². The van der Waals surface area contributed by atoms with Crippen LogP contribution in [0.1, 0.15) is 11.1 Å². The van der Waals surface area contributed by atoms with E-state index in [2.05, 4.69) is 127 Å². The van der Waals surface area contributed by atoms with E-state index in [0.29, 0.717) is 11.5 Å². The fourth-order valence-electron chi connectivity index (χ4n) is 7.38. The number of ether oxygens (including phenoxy) is 2. The molecule has 0 amide bonds. The minimum Gasteiger partial charge on any atom is -0.509 e. The molecule has 0 bridgehead atoms.